The zero-order chi connectivity index (χ0) is 15.2. The highest BCUT2D eigenvalue weighted by Gasteiger charge is 2.28. The Kier molecular flexibility index (Phi) is 5.99. The van der Waals surface area contributed by atoms with Crippen molar-refractivity contribution in [2.24, 2.45) is 11.7 Å². The summed E-state index contributed by atoms with van der Waals surface area (Å²) >= 11 is 0. The maximum absolute atomic E-state index is 10.0. The molecule has 1 aliphatic carbocycles. The van der Waals surface area contributed by atoms with E-state index in [2.05, 4.69) is 4.90 Å². The number of benzene rings is 1. The fourth-order valence-electron chi connectivity index (χ4n) is 2.73. The van der Waals surface area contributed by atoms with E-state index in [1.165, 1.54) is 0 Å². The van der Waals surface area contributed by atoms with Crippen LogP contribution in [-0.4, -0.2) is 54.1 Å². The SMILES string of the molecule is CN(CC(O)COc1cccc(CN)c1)CC1CC(O)C1. The van der Waals surface area contributed by atoms with Gasteiger partial charge >= 0.3 is 0 Å². The van der Waals surface area contributed by atoms with Crippen molar-refractivity contribution in [2.75, 3.05) is 26.7 Å². The molecule has 0 spiro atoms. The minimum Gasteiger partial charge on any atom is -0.491 e. The number of aliphatic hydroxyl groups excluding tert-OH is 2. The van der Waals surface area contributed by atoms with Gasteiger partial charge in [0, 0.05) is 19.6 Å². The number of aliphatic hydroxyl groups is 2. The molecule has 1 saturated carbocycles. The average molecular weight is 294 g/mol. The number of hydrogen-bond acceptors (Lipinski definition) is 5. The molecule has 0 heterocycles. The van der Waals surface area contributed by atoms with Gasteiger partial charge in [0.05, 0.1) is 6.10 Å². The van der Waals surface area contributed by atoms with Crippen molar-refractivity contribution >= 4 is 0 Å². The lowest BCUT2D eigenvalue weighted by Crippen LogP contribution is -2.40. The number of nitrogens with zero attached hydrogens (tertiary/aromatic N) is 1. The van der Waals surface area contributed by atoms with E-state index in [1.807, 2.05) is 31.3 Å². The molecule has 4 N–H and O–H groups in total. The van der Waals surface area contributed by atoms with E-state index < -0.39 is 6.10 Å². The van der Waals surface area contributed by atoms with Crippen LogP contribution in [0.2, 0.25) is 0 Å². The molecule has 1 fully saturated rings. The molecule has 1 aliphatic rings. The van der Waals surface area contributed by atoms with E-state index in [-0.39, 0.29) is 12.7 Å². The van der Waals surface area contributed by atoms with Gasteiger partial charge in [-0.1, -0.05) is 12.1 Å². The van der Waals surface area contributed by atoms with Crippen LogP contribution in [0.5, 0.6) is 5.75 Å². The second-order valence-corrected chi connectivity index (χ2v) is 6.03. The smallest absolute Gasteiger partial charge is 0.119 e. The van der Waals surface area contributed by atoms with E-state index in [0.717, 1.165) is 30.7 Å². The van der Waals surface area contributed by atoms with Crippen LogP contribution in [0.1, 0.15) is 18.4 Å². The molecule has 1 aromatic rings. The van der Waals surface area contributed by atoms with Crippen LogP contribution in [0.3, 0.4) is 0 Å². The van der Waals surface area contributed by atoms with Gasteiger partial charge in [0.25, 0.3) is 0 Å². The fraction of sp³-hybridized carbons (Fsp3) is 0.625. The zero-order valence-corrected chi connectivity index (χ0v) is 12.6. The van der Waals surface area contributed by atoms with E-state index in [9.17, 15) is 10.2 Å². The molecule has 118 valence electrons. The first-order valence-corrected chi connectivity index (χ1v) is 7.53. The summed E-state index contributed by atoms with van der Waals surface area (Å²) in [4.78, 5) is 2.10. The van der Waals surface area contributed by atoms with Crippen molar-refractivity contribution in [2.45, 2.75) is 31.6 Å². The predicted octanol–water partition coefficient (Wildman–Crippen LogP) is 0.588. The molecule has 0 bridgehead atoms. The van der Waals surface area contributed by atoms with Crippen LogP contribution in [0.15, 0.2) is 24.3 Å². The molecule has 0 aromatic heterocycles. The molecule has 2 rings (SSSR count). The second kappa shape index (κ2) is 7.75. The third-order valence-corrected chi connectivity index (χ3v) is 3.88. The number of ether oxygens (including phenoxy) is 1. The molecule has 5 heteroatoms. The van der Waals surface area contributed by atoms with Gasteiger partial charge in [-0.3, -0.25) is 0 Å². The number of nitrogens with two attached hydrogens (primary N) is 1. The van der Waals surface area contributed by atoms with Gasteiger partial charge < -0.3 is 25.6 Å². The summed E-state index contributed by atoms with van der Waals surface area (Å²) in [5, 5.41) is 19.3. The summed E-state index contributed by atoms with van der Waals surface area (Å²) in [6, 6.07) is 7.61. The van der Waals surface area contributed by atoms with Gasteiger partial charge in [-0.15, -0.1) is 0 Å². The Morgan fingerprint density at radius 3 is 2.86 bits per heavy atom. The van der Waals surface area contributed by atoms with E-state index in [1.54, 1.807) is 0 Å². The Hall–Kier alpha value is -1.14. The lowest BCUT2D eigenvalue weighted by atomic mass is 9.82. The van der Waals surface area contributed by atoms with Gasteiger partial charge in [0.1, 0.15) is 18.5 Å². The first kappa shape index (κ1) is 16.2. The van der Waals surface area contributed by atoms with Crippen LogP contribution in [0.25, 0.3) is 0 Å². The first-order chi connectivity index (χ1) is 10.1. The molecular weight excluding hydrogens is 268 g/mol. The summed E-state index contributed by atoms with van der Waals surface area (Å²) in [5.41, 5.74) is 6.60. The molecule has 0 amide bonds. The van der Waals surface area contributed by atoms with E-state index in [4.69, 9.17) is 10.5 Å². The Bertz CT molecular complexity index is 435. The third kappa shape index (κ3) is 5.28. The summed E-state index contributed by atoms with van der Waals surface area (Å²) in [6.07, 6.45) is 1.11. The Morgan fingerprint density at radius 2 is 2.19 bits per heavy atom. The largest absolute Gasteiger partial charge is 0.491 e. The van der Waals surface area contributed by atoms with Crippen molar-refractivity contribution < 1.29 is 14.9 Å². The van der Waals surface area contributed by atoms with Gasteiger partial charge in [-0.25, -0.2) is 0 Å². The van der Waals surface area contributed by atoms with Crippen LogP contribution >= 0.6 is 0 Å². The van der Waals surface area contributed by atoms with Crippen molar-refractivity contribution in [1.29, 1.82) is 0 Å². The highest BCUT2D eigenvalue weighted by molar-refractivity contribution is 5.28. The summed E-state index contributed by atoms with van der Waals surface area (Å²) in [5.74, 6) is 1.29. The molecule has 1 unspecified atom stereocenters. The molecular formula is C16H26N2O3. The number of likely N-dealkylation sites (N-methyl/N-ethyl adjacent to an activating group) is 1. The minimum absolute atomic E-state index is 0.119. The quantitative estimate of drug-likeness (QED) is 0.654. The van der Waals surface area contributed by atoms with E-state index >= 15 is 0 Å². The molecule has 0 radical (unpaired) electrons. The van der Waals surface area contributed by atoms with Gasteiger partial charge in [-0.2, -0.15) is 0 Å². The monoisotopic (exact) mass is 294 g/mol. The van der Waals surface area contributed by atoms with Gasteiger partial charge in [0.15, 0.2) is 0 Å². The van der Waals surface area contributed by atoms with Gasteiger partial charge in [0.2, 0.25) is 0 Å². The summed E-state index contributed by atoms with van der Waals surface area (Å²) < 4.78 is 5.60. The molecule has 1 atom stereocenters. The van der Waals surface area contributed by atoms with Crippen molar-refractivity contribution in [3.63, 3.8) is 0 Å². The lowest BCUT2D eigenvalue weighted by Gasteiger charge is -2.35. The zero-order valence-electron chi connectivity index (χ0n) is 12.6. The van der Waals surface area contributed by atoms with Crippen molar-refractivity contribution in [3.8, 4) is 5.75 Å². The van der Waals surface area contributed by atoms with Gasteiger partial charge in [-0.05, 0) is 43.5 Å². The standard InChI is InChI=1S/C16H26N2O3/c1-18(9-13-5-14(19)6-13)10-15(20)11-21-16-4-2-3-12(7-16)8-17/h2-4,7,13-15,19-20H,5-6,8-11,17H2,1H3. The molecule has 5 nitrogen and oxygen atoms in total. The Balaban J connectivity index is 1.67. The van der Waals surface area contributed by atoms with Crippen LogP contribution in [0.4, 0.5) is 0 Å². The second-order valence-electron chi connectivity index (χ2n) is 6.03. The Morgan fingerprint density at radius 1 is 1.43 bits per heavy atom. The van der Waals surface area contributed by atoms with Crippen LogP contribution < -0.4 is 10.5 Å². The van der Waals surface area contributed by atoms with Crippen molar-refractivity contribution in [1.82, 2.24) is 4.90 Å². The Labute approximate surface area is 126 Å². The predicted molar refractivity (Wildman–Crippen MR) is 82.1 cm³/mol. The normalized spacial score (nSPS) is 22.9. The highest BCUT2D eigenvalue weighted by atomic mass is 16.5. The van der Waals surface area contributed by atoms with Crippen molar-refractivity contribution in [3.05, 3.63) is 29.8 Å². The molecule has 1 aromatic carbocycles. The van der Waals surface area contributed by atoms with E-state index in [0.29, 0.717) is 19.0 Å². The average Bonchev–Trinajstić information content (AvgIpc) is 2.43. The van der Waals surface area contributed by atoms with Crippen LogP contribution in [0, 0.1) is 5.92 Å². The number of hydrogen-bond donors (Lipinski definition) is 3. The minimum atomic E-state index is -0.526. The topological polar surface area (TPSA) is 79.0 Å². The highest BCUT2D eigenvalue weighted by Crippen LogP contribution is 2.27. The lowest BCUT2D eigenvalue weighted by molar-refractivity contribution is 0.0162. The van der Waals surface area contributed by atoms with Crippen LogP contribution in [-0.2, 0) is 6.54 Å². The molecule has 0 aliphatic heterocycles. The maximum Gasteiger partial charge on any atom is 0.119 e. The molecule has 0 saturated heterocycles. The third-order valence-electron chi connectivity index (χ3n) is 3.88. The molecule has 21 heavy (non-hydrogen) atoms. The first-order valence-electron chi connectivity index (χ1n) is 7.53. The summed E-state index contributed by atoms with van der Waals surface area (Å²) in [7, 11) is 1.99. The maximum atomic E-state index is 10.0. The number of rotatable bonds is 8. The fourth-order valence-corrected chi connectivity index (χ4v) is 2.73. The summed E-state index contributed by atoms with van der Waals surface area (Å²) in [6.45, 7) is 2.24.